The summed E-state index contributed by atoms with van der Waals surface area (Å²) in [4.78, 5) is 0. The smallest absolute Gasteiger partial charge is 0.168 e. The first-order chi connectivity index (χ1) is 14.1. The van der Waals surface area contributed by atoms with Gasteiger partial charge in [0.2, 0.25) is 0 Å². The van der Waals surface area contributed by atoms with Crippen molar-refractivity contribution in [3.8, 4) is 17.2 Å². The van der Waals surface area contributed by atoms with Gasteiger partial charge in [-0.1, -0.05) is 42.5 Å². The summed E-state index contributed by atoms with van der Waals surface area (Å²) in [6.45, 7) is 3.44. The molecular formula is C24H25IO4. The molecule has 0 bridgehead atoms. The molecule has 0 aliphatic heterocycles. The number of hydrogen-bond acceptors (Lipinski definition) is 4. The third-order valence-electron chi connectivity index (χ3n) is 4.57. The molecule has 0 spiro atoms. The van der Waals surface area contributed by atoms with E-state index in [9.17, 15) is 0 Å². The summed E-state index contributed by atoms with van der Waals surface area (Å²) in [5, 5.41) is 0. The van der Waals surface area contributed by atoms with E-state index in [4.69, 9.17) is 18.9 Å². The molecule has 0 aromatic heterocycles. The topological polar surface area (TPSA) is 36.9 Å². The highest BCUT2D eigenvalue weighted by Gasteiger charge is 2.18. The van der Waals surface area contributed by atoms with E-state index in [-0.39, 0.29) is 0 Å². The number of rotatable bonds is 9. The largest absolute Gasteiger partial charge is 0.497 e. The van der Waals surface area contributed by atoms with Crippen LogP contribution in [-0.2, 0) is 24.6 Å². The van der Waals surface area contributed by atoms with Crippen LogP contribution in [-0.4, -0.2) is 14.2 Å². The van der Waals surface area contributed by atoms with Crippen LogP contribution in [0.2, 0.25) is 0 Å². The van der Waals surface area contributed by atoms with E-state index >= 15 is 0 Å². The summed E-state index contributed by atoms with van der Waals surface area (Å²) in [7, 11) is 3.34. The van der Waals surface area contributed by atoms with Crippen molar-refractivity contribution < 1.29 is 18.9 Å². The summed E-state index contributed by atoms with van der Waals surface area (Å²) in [6, 6.07) is 20.1. The van der Waals surface area contributed by atoms with E-state index in [1.54, 1.807) is 14.2 Å². The molecule has 0 aliphatic carbocycles. The van der Waals surface area contributed by atoms with E-state index in [1.807, 2.05) is 61.5 Å². The zero-order valence-corrected chi connectivity index (χ0v) is 19.1. The van der Waals surface area contributed by atoms with Gasteiger partial charge < -0.3 is 18.9 Å². The minimum atomic E-state index is 0.436. The van der Waals surface area contributed by atoms with Crippen LogP contribution >= 0.6 is 22.6 Å². The van der Waals surface area contributed by atoms with Crippen molar-refractivity contribution in [3.05, 3.63) is 86.5 Å². The molecule has 3 aromatic carbocycles. The number of hydrogen-bond donors (Lipinski definition) is 0. The van der Waals surface area contributed by atoms with Gasteiger partial charge in [-0.3, -0.25) is 0 Å². The van der Waals surface area contributed by atoms with E-state index in [1.165, 1.54) is 0 Å². The first-order valence-electron chi connectivity index (χ1n) is 9.35. The number of aryl methyl sites for hydroxylation is 1. The lowest BCUT2D eigenvalue weighted by Crippen LogP contribution is -2.06. The van der Waals surface area contributed by atoms with Crippen molar-refractivity contribution >= 4 is 22.6 Å². The fourth-order valence-electron chi connectivity index (χ4n) is 3.03. The quantitative estimate of drug-likeness (QED) is 0.340. The SMILES string of the molecule is COc1ccc(COCc2c(I)cc(C)c(OC)c2OCc2ccccc2)cc1. The van der Waals surface area contributed by atoms with Crippen molar-refractivity contribution in [2.75, 3.05) is 14.2 Å². The zero-order valence-electron chi connectivity index (χ0n) is 16.9. The van der Waals surface area contributed by atoms with Gasteiger partial charge in [0.05, 0.1) is 27.4 Å². The second kappa shape index (κ2) is 10.5. The molecule has 0 saturated heterocycles. The Morgan fingerprint density at radius 2 is 1.45 bits per heavy atom. The van der Waals surface area contributed by atoms with Crippen LogP contribution in [0.25, 0.3) is 0 Å². The third-order valence-corrected chi connectivity index (χ3v) is 5.54. The van der Waals surface area contributed by atoms with Gasteiger partial charge in [-0.15, -0.1) is 0 Å². The third kappa shape index (κ3) is 5.64. The summed E-state index contributed by atoms with van der Waals surface area (Å²) >= 11 is 2.33. The normalized spacial score (nSPS) is 10.6. The minimum Gasteiger partial charge on any atom is -0.497 e. The lowest BCUT2D eigenvalue weighted by Gasteiger charge is -2.19. The van der Waals surface area contributed by atoms with Gasteiger partial charge in [-0.2, -0.15) is 0 Å². The number of methoxy groups -OCH3 is 2. The monoisotopic (exact) mass is 504 g/mol. The van der Waals surface area contributed by atoms with Crippen molar-refractivity contribution in [2.45, 2.75) is 26.7 Å². The second-order valence-corrected chi connectivity index (χ2v) is 7.79. The van der Waals surface area contributed by atoms with Crippen molar-refractivity contribution in [2.24, 2.45) is 0 Å². The Morgan fingerprint density at radius 3 is 2.10 bits per heavy atom. The van der Waals surface area contributed by atoms with Crippen LogP contribution in [0, 0.1) is 10.5 Å². The minimum absolute atomic E-state index is 0.436. The van der Waals surface area contributed by atoms with Crippen LogP contribution in [0.3, 0.4) is 0 Å². The number of ether oxygens (including phenoxy) is 4. The molecule has 0 unspecified atom stereocenters. The van der Waals surface area contributed by atoms with E-state index < -0.39 is 0 Å². The maximum Gasteiger partial charge on any atom is 0.168 e. The van der Waals surface area contributed by atoms with Crippen molar-refractivity contribution in [3.63, 3.8) is 0 Å². The Hall–Kier alpha value is -2.25. The Labute approximate surface area is 185 Å². The Balaban J connectivity index is 1.76. The van der Waals surface area contributed by atoms with Gasteiger partial charge in [-0.25, -0.2) is 0 Å². The fraction of sp³-hybridized carbons (Fsp3) is 0.250. The van der Waals surface area contributed by atoms with Gasteiger partial charge in [0.25, 0.3) is 0 Å². The summed E-state index contributed by atoms with van der Waals surface area (Å²) in [5.74, 6) is 2.34. The first kappa shape index (κ1) is 21.5. The number of benzene rings is 3. The number of halogens is 1. The second-order valence-electron chi connectivity index (χ2n) is 6.63. The molecule has 3 rings (SSSR count). The maximum atomic E-state index is 6.21. The molecule has 0 fully saturated rings. The van der Waals surface area contributed by atoms with Crippen LogP contribution < -0.4 is 14.2 Å². The van der Waals surface area contributed by atoms with E-state index in [2.05, 4.69) is 28.7 Å². The van der Waals surface area contributed by atoms with E-state index in [0.29, 0.717) is 19.8 Å². The molecule has 0 N–H and O–H groups in total. The predicted octanol–water partition coefficient (Wildman–Crippen LogP) is 5.91. The molecule has 0 radical (unpaired) electrons. The standard InChI is InChI=1S/C24H25IO4/c1-17-13-22(25)21(16-28-14-19-9-11-20(26-2)12-10-19)24(23(17)27-3)29-15-18-7-5-4-6-8-18/h4-13H,14-16H2,1-3H3. The highest BCUT2D eigenvalue weighted by molar-refractivity contribution is 14.1. The Kier molecular flexibility index (Phi) is 7.77. The molecule has 3 aromatic rings. The van der Waals surface area contributed by atoms with E-state index in [0.717, 1.165) is 43.1 Å². The lowest BCUT2D eigenvalue weighted by molar-refractivity contribution is 0.103. The van der Waals surface area contributed by atoms with Gasteiger partial charge in [0.15, 0.2) is 11.5 Å². The van der Waals surface area contributed by atoms with Gasteiger partial charge >= 0.3 is 0 Å². The molecular weight excluding hydrogens is 479 g/mol. The molecule has 152 valence electrons. The van der Waals surface area contributed by atoms with Crippen molar-refractivity contribution in [1.29, 1.82) is 0 Å². The summed E-state index contributed by atoms with van der Waals surface area (Å²) in [6.07, 6.45) is 0. The van der Waals surface area contributed by atoms with Crippen molar-refractivity contribution in [1.82, 2.24) is 0 Å². The summed E-state index contributed by atoms with van der Waals surface area (Å²) in [5.41, 5.74) is 4.24. The Morgan fingerprint density at radius 1 is 0.759 bits per heavy atom. The van der Waals surface area contributed by atoms with Gasteiger partial charge in [-0.05, 0) is 64.4 Å². The molecule has 0 amide bonds. The highest BCUT2D eigenvalue weighted by Crippen LogP contribution is 2.38. The molecule has 0 saturated carbocycles. The molecule has 5 heteroatoms. The Bertz CT molecular complexity index is 924. The van der Waals surface area contributed by atoms with Gasteiger partial charge in [0.1, 0.15) is 12.4 Å². The highest BCUT2D eigenvalue weighted by atomic mass is 127. The average molecular weight is 504 g/mol. The predicted molar refractivity (Wildman–Crippen MR) is 123 cm³/mol. The summed E-state index contributed by atoms with van der Waals surface area (Å²) < 4.78 is 24.2. The van der Waals surface area contributed by atoms with Crippen LogP contribution in [0.15, 0.2) is 60.7 Å². The molecule has 29 heavy (non-hydrogen) atoms. The fourth-order valence-corrected chi connectivity index (χ4v) is 3.90. The van der Waals surface area contributed by atoms with Gasteiger partial charge in [0, 0.05) is 9.13 Å². The zero-order chi connectivity index (χ0) is 20.6. The van der Waals surface area contributed by atoms with Crippen LogP contribution in [0.5, 0.6) is 17.2 Å². The lowest BCUT2D eigenvalue weighted by atomic mass is 10.1. The molecule has 0 aliphatic rings. The first-order valence-corrected chi connectivity index (χ1v) is 10.4. The molecule has 0 heterocycles. The molecule has 4 nitrogen and oxygen atoms in total. The molecule has 0 atom stereocenters. The average Bonchev–Trinajstić information content (AvgIpc) is 2.75. The van der Waals surface area contributed by atoms with Crippen LogP contribution in [0.4, 0.5) is 0 Å². The van der Waals surface area contributed by atoms with Crippen LogP contribution in [0.1, 0.15) is 22.3 Å². The maximum absolute atomic E-state index is 6.21.